The lowest BCUT2D eigenvalue weighted by Crippen LogP contribution is -2.43. The van der Waals surface area contributed by atoms with Gasteiger partial charge < -0.3 is 14.7 Å². The van der Waals surface area contributed by atoms with E-state index < -0.39 is 5.41 Å². The summed E-state index contributed by atoms with van der Waals surface area (Å²) in [7, 11) is 0. The summed E-state index contributed by atoms with van der Waals surface area (Å²) in [5.74, 6) is 0.0443. The van der Waals surface area contributed by atoms with Gasteiger partial charge in [0.1, 0.15) is 0 Å². The van der Waals surface area contributed by atoms with Gasteiger partial charge in [0, 0.05) is 50.6 Å². The summed E-state index contributed by atoms with van der Waals surface area (Å²) in [4.78, 5) is 42.8. The van der Waals surface area contributed by atoms with Crippen LogP contribution in [0.25, 0.3) is 0 Å². The quantitative estimate of drug-likeness (QED) is 0.764. The Morgan fingerprint density at radius 3 is 2.17 bits per heavy atom. The first-order chi connectivity index (χ1) is 11.1. The van der Waals surface area contributed by atoms with Crippen molar-refractivity contribution in [3.8, 4) is 0 Å². The molecule has 2 aliphatic heterocycles. The summed E-state index contributed by atoms with van der Waals surface area (Å²) in [5, 5.41) is 0. The summed E-state index contributed by atoms with van der Waals surface area (Å²) >= 11 is 0. The Kier molecular flexibility index (Phi) is 5.56. The molecule has 0 saturated carbocycles. The van der Waals surface area contributed by atoms with Crippen molar-refractivity contribution in [2.24, 2.45) is 11.3 Å². The van der Waals surface area contributed by atoms with Gasteiger partial charge in [-0.2, -0.15) is 0 Å². The van der Waals surface area contributed by atoms with Gasteiger partial charge in [0.05, 0.1) is 5.92 Å². The monoisotopic (exact) mass is 337 g/mol. The van der Waals surface area contributed by atoms with E-state index in [9.17, 15) is 14.4 Å². The van der Waals surface area contributed by atoms with Crippen LogP contribution in [0.2, 0.25) is 0 Å². The van der Waals surface area contributed by atoms with Gasteiger partial charge in [0.2, 0.25) is 17.7 Å². The van der Waals surface area contributed by atoms with Gasteiger partial charge in [-0.05, 0) is 20.3 Å². The number of carbonyl (C=O) groups excluding carboxylic acids is 3. The molecule has 0 radical (unpaired) electrons. The molecule has 0 aromatic carbocycles. The van der Waals surface area contributed by atoms with E-state index >= 15 is 0 Å². The van der Waals surface area contributed by atoms with E-state index in [1.54, 1.807) is 4.90 Å². The molecular weight excluding hydrogens is 306 g/mol. The van der Waals surface area contributed by atoms with Crippen molar-refractivity contribution < 1.29 is 14.4 Å². The maximum absolute atomic E-state index is 12.8. The van der Waals surface area contributed by atoms with Crippen molar-refractivity contribution in [3.63, 3.8) is 0 Å². The Morgan fingerprint density at radius 2 is 1.62 bits per heavy atom. The minimum atomic E-state index is -0.394. The van der Waals surface area contributed by atoms with Gasteiger partial charge >= 0.3 is 0 Å². The fourth-order valence-corrected chi connectivity index (χ4v) is 3.47. The van der Waals surface area contributed by atoms with Crippen molar-refractivity contribution in [1.29, 1.82) is 0 Å². The Bertz CT molecular complexity index is 510. The molecule has 1 atom stereocenters. The highest BCUT2D eigenvalue weighted by Gasteiger charge is 2.38. The van der Waals surface area contributed by atoms with Crippen molar-refractivity contribution in [2.45, 2.75) is 53.5 Å². The highest BCUT2D eigenvalue weighted by molar-refractivity contribution is 5.89. The zero-order valence-electron chi connectivity index (χ0n) is 15.7. The maximum Gasteiger partial charge on any atom is 0.228 e. The van der Waals surface area contributed by atoms with Crippen LogP contribution in [0.4, 0.5) is 0 Å². The Morgan fingerprint density at radius 1 is 1.04 bits per heavy atom. The van der Waals surface area contributed by atoms with E-state index in [4.69, 9.17) is 0 Å². The van der Waals surface area contributed by atoms with E-state index in [0.717, 1.165) is 6.42 Å². The lowest BCUT2D eigenvalue weighted by Gasteiger charge is -2.29. The highest BCUT2D eigenvalue weighted by atomic mass is 16.2. The predicted molar refractivity (Wildman–Crippen MR) is 92.2 cm³/mol. The molecular formula is C18H31N3O3. The first-order valence-electron chi connectivity index (χ1n) is 8.99. The molecule has 136 valence electrons. The molecule has 0 aliphatic carbocycles. The molecule has 0 bridgehead atoms. The molecule has 3 amide bonds. The summed E-state index contributed by atoms with van der Waals surface area (Å²) < 4.78 is 0. The smallest absolute Gasteiger partial charge is 0.228 e. The first kappa shape index (κ1) is 18.7. The number of carbonyl (C=O) groups is 3. The van der Waals surface area contributed by atoms with E-state index in [1.807, 2.05) is 44.4 Å². The first-order valence-corrected chi connectivity index (χ1v) is 8.99. The zero-order chi connectivity index (χ0) is 18.1. The van der Waals surface area contributed by atoms with Gasteiger partial charge in [-0.1, -0.05) is 20.8 Å². The van der Waals surface area contributed by atoms with Crippen LogP contribution < -0.4 is 0 Å². The third-order valence-corrected chi connectivity index (χ3v) is 4.87. The number of rotatable bonds is 2. The molecule has 2 heterocycles. The SMILES string of the molecule is CC(C)N1CC(C(=O)N2CCCN(C(=O)C(C)(C)C)CC2)CC1=O. The summed E-state index contributed by atoms with van der Waals surface area (Å²) in [6.45, 7) is 12.8. The maximum atomic E-state index is 12.8. The molecule has 24 heavy (non-hydrogen) atoms. The van der Waals surface area contributed by atoms with Crippen LogP contribution >= 0.6 is 0 Å². The Balaban J connectivity index is 1.96. The molecule has 2 fully saturated rings. The summed E-state index contributed by atoms with van der Waals surface area (Å²) in [6.07, 6.45) is 1.11. The third-order valence-electron chi connectivity index (χ3n) is 4.87. The molecule has 0 aromatic heterocycles. The zero-order valence-corrected chi connectivity index (χ0v) is 15.7. The van der Waals surface area contributed by atoms with Gasteiger partial charge in [0.15, 0.2) is 0 Å². The lowest BCUT2D eigenvalue weighted by atomic mass is 9.94. The second-order valence-electron chi connectivity index (χ2n) is 8.26. The lowest BCUT2D eigenvalue weighted by molar-refractivity contribution is -0.140. The second-order valence-corrected chi connectivity index (χ2v) is 8.26. The van der Waals surface area contributed by atoms with Crippen LogP contribution in [0.3, 0.4) is 0 Å². The highest BCUT2D eigenvalue weighted by Crippen LogP contribution is 2.23. The van der Waals surface area contributed by atoms with Gasteiger partial charge in [-0.3, -0.25) is 14.4 Å². The Hall–Kier alpha value is -1.59. The minimum Gasteiger partial charge on any atom is -0.341 e. The van der Waals surface area contributed by atoms with Gasteiger partial charge in [0.25, 0.3) is 0 Å². The van der Waals surface area contributed by atoms with Crippen molar-refractivity contribution in [3.05, 3.63) is 0 Å². The number of nitrogens with zero attached hydrogens (tertiary/aromatic N) is 3. The fourth-order valence-electron chi connectivity index (χ4n) is 3.47. The molecule has 0 aromatic rings. The van der Waals surface area contributed by atoms with Gasteiger partial charge in [-0.25, -0.2) is 0 Å². The van der Waals surface area contributed by atoms with Gasteiger partial charge in [-0.15, -0.1) is 0 Å². The largest absolute Gasteiger partial charge is 0.341 e. The molecule has 2 saturated heterocycles. The number of amides is 3. The average Bonchev–Trinajstić information content (AvgIpc) is 2.72. The van der Waals surface area contributed by atoms with E-state index in [0.29, 0.717) is 39.1 Å². The van der Waals surface area contributed by atoms with Crippen LogP contribution in [0.5, 0.6) is 0 Å². The normalized spacial score (nSPS) is 23.0. The molecule has 2 aliphatic rings. The summed E-state index contributed by atoms with van der Waals surface area (Å²) in [6, 6.07) is 0.138. The van der Waals surface area contributed by atoms with Crippen LogP contribution in [0.1, 0.15) is 47.5 Å². The molecule has 1 unspecified atom stereocenters. The second kappa shape index (κ2) is 7.11. The number of hydrogen-bond donors (Lipinski definition) is 0. The minimum absolute atomic E-state index is 0.0663. The molecule has 2 rings (SSSR count). The molecule has 0 spiro atoms. The number of likely N-dealkylation sites (tertiary alicyclic amines) is 1. The molecule has 6 nitrogen and oxygen atoms in total. The van der Waals surface area contributed by atoms with Crippen molar-refractivity contribution in [1.82, 2.24) is 14.7 Å². The topological polar surface area (TPSA) is 60.9 Å². The molecule has 0 N–H and O–H groups in total. The third kappa shape index (κ3) is 4.08. The van der Waals surface area contributed by atoms with Crippen LogP contribution in [0.15, 0.2) is 0 Å². The Labute approximate surface area is 145 Å². The predicted octanol–water partition coefficient (Wildman–Crippen LogP) is 1.35. The standard InChI is InChI=1S/C18H31N3O3/c1-13(2)21-12-14(11-15(21)22)16(23)19-7-6-8-20(10-9-19)17(24)18(3,4)5/h13-14H,6-12H2,1-5H3. The van der Waals surface area contributed by atoms with E-state index in [1.165, 1.54) is 0 Å². The average molecular weight is 337 g/mol. The van der Waals surface area contributed by atoms with Crippen LogP contribution in [-0.4, -0.2) is 71.2 Å². The molecule has 6 heteroatoms. The number of hydrogen-bond acceptors (Lipinski definition) is 3. The van der Waals surface area contributed by atoms with E-state index in [-0.39, 0.29) is 29.7 Å². The summed E-state index contributed by atoms with van der Waals surface area (Å²) in [5.41, 5.74) is -0.394. The van der Waals surface area contributed by atoms with E-state index in [2.05, 4.69) is 0 Å². The van der Waals surface area contributed by atoms with Crippen molar-refractivity contribution >= 4 is 17.7 Å². The van der Waals surface area contributed by atoms with Crippen LogP contribution in [-0.2, 0) is 14.4 Å². The van der Waals surface area contributed by atoms with Crippen molar-refractivity contribution in [2.75, 3.05) is 32.7 Å². The fraction of sp³-hybridized carbons (Fsp3) is 0.833. The van der Waals surface area contributed by atoms with Crippen LogP contribution in [0, 0.1) is 11.3 Å².